The quantitative estimate of drug-likeness (QED) is 0.619. The summed E-state index contributed by atoms with van der Waals surface area (Å²) >= 11 is 0. The van der Waals surface area contributed by atoms with Crippen molar-refractivity contribution in [2.45, 2.75) is 20.0 Å². The normalized spacial score (nSPS) is 11.1. The second kappa shape index (κ2) is 9.52. The average Bonchev–Trinajstić information content (AvgIpc) is 2.66. The van der Waals surface area contributed by atoms with Gasteiger partial charge in [0.1, 0.15) is 5.75 Å². The Morgan fingerprint density at radius 1 is 1.08 bits per heavy atom. The van der Waals surface area contributed by atoms with E-state index < -0.39 is 0 Å². The van der Waals surface area contributed by atoms with Crippen molar-refractivity contribution in [2.75, 3.05) is 27.8 Å². The van der Waals surface area contributed by atoms with Crippen molar-refractivity contribution in [3.05, 3.63) is 53.7 Å². The van der Waals surface area contributed by atoms with E-state index in [-0.39, 0.29) is 0 Å². The fourth-order valence-corrected chi connectivity index (χ4v) is 2.34. The summed E-state index contributed by atoms with van der Waals surface area (Å²) in [6, 6.07) is 11.9. The molecule has 1 N–H and O–H groups in total. The molecule has 0 spiro atoms. The van der Waals surface area contributed by atoms with E-state index in [0.29, 0.717) is 12.4 Å². The van der Waals surface area contributed by atoms with Gasteiger partial charge >= 0.3 is 0 Å². The van der Waals surface area contributed by atoms with Crippen LogP contribution in [-0.2, 0) is 13.1 Å². The zero-order chi connectivity index (χ0) is 18.1. The van der Waals surface area contributed by atoms with E-state index in [2.05, 4.69) is 34.3 Å². The van der Waals surface area contributed by atoms with Gasteiger partial charge in [-0.05, 0) is 30.2 Å². The van der Waals surface area contributed by atoms with Crippen molar-refractivity contribution in [1.82, 2.24) is 15.2 Å². The number of benzene rings is 1. The molecule has 0 aliphatic rings. The molecule has 0 fully saturated rings. The van der Waals surface area contributed by atoms with Crippen molar-refractivity contribution in [1.29, 1.82) is 0 Å². The predicted octanol–water partition coefficient (Wildman–Crippen LogP) is 2.70. The lowest BCUT2D eigenvalue weighted by Crippen LogP contribution is -2.38. The van der Waals surface area contributed by atoms with E-state index in [4.69, 9.17) is 14.5 Å². The maximum Gasteiger partial charge on any atom is 0.212 e. The number of nitrogens with one attached hydrogen (secondary N) is 1. The van der Waals surface area contributed by atoms with Crippen LogP contribution in [-0.4, -0.2) is 43.7 Å². The highest BCUT2D eigenvalue weighted by atomic mass is 16.5. The summed E-state index contributed by atoms with van der Waals surface area (Å²) in [6.07, 6.45) is 1.79. The molecule has 0 atom stereocenters. The van der Waals surface area contributed by atoms with Crippen molar-refractivity contribution < 1.29 is 9.47 Å². The number of methoxy groups -OCH3 is 2. The number of ether oxygens (including phenoxy) is 2. The van der Waals surface area contributed by atoms with Crippen LogP contribution in [0, 0.1) is 0 Å². The van der Waals surface area contributed by atoms with Crippen LogP contribution in [0.15, 0.2) is 47.6 Å². The van der Waals surface area contributed by atoms with E-state index >= 15 is 0 Å². The number of rotatable bonds is 7. The Balaban J connectivity index is 2.03. The SMILES string of the molecule is CCNC(=NCc1ccc(OC)nc1)N(C)Cc1ccc(OC)cc1. The molecular formula is C19H26N4O2. The van der Waals surface area contributed by atoms with E-state index in [1.165, 1.54) is 5.56 Å². The zero-order valence-electron chi connectivity index (χ0n) is 15.3. The van der Waals surface area contributed by atoms with Crippen LogP contribution >= 0.6 is 0 Å². The van der Waals surface area contributed by atoms with Gasteiger partial charge in [-0.3, -0.25) is 0 Å². The molecule has 0 aliphatic carbocycles. The van der Waals surface area contributed by atoms with Crippen LogP contribution in [0.4, 0.5) is 0 Å². The van der Waals surface area contributed by atoms with Crippen LogP contribution < -0.4 is 14.8 Å². The Bertz CT molecular complexity index is 669. The molecule has 2 aromatic rings. The maximum absolute atomic E-state index is 5.20. The molecule has 0 unspecified atom stereocenters. The smallest absolute Gasteiger partial charge is 0.212 e. The van der Waals surface area contributed by atoms with Gasteiger partial charge in [0, 0.05) is 32.4 Å². The molecule has 25 heavy (non-hydrogen) atoms. The monoisotopic (exact) mass is 342 g/mol. The molecule has 6 nitrogen and oxygen atoms in total. The lowest BCUT2D eigenvalue weighted by molar-refractivity contribution is 0.397. The molecule has 1 aromatic carbocycles. The molecule has 2 rings (SSSR count). The number of hydrogen-bond donors (Lipinski definition) is 1. The molecule has 1 aromatic heterocycles. The fraction of sp³-hybridized carbons (Fsp3) is 0.368. The van der Waals surface area contributed by atoms with Crippen molar-refractivity contribution in [2.24, 2.45) is 4.99 Å². The minimum absolute atomic E-state index is 0.562. The van der Waals surface area contributed by atoms with Gasteiger partial charge in [0.15, 0.2) is 5.96 Å². The first-order chi connectivity index (χ1) is 12.2. The van der Waals surface area contributed by atoms with Gasteiger partial charge in [-0.1, -0.05) is 18.2 Å². The Hall–Kier alpha value is -2.76. The number of aliphatic imine (C=N–C) groups is 1. The Morgan fingerprint density at radius 3 is 2.36 bits per heavy atom. The topological polar surface area (TPSA) is 59.0 Å². The van der Waals surface area contributed by atoms with Crippen LogP contribution in [0.1, 0.15) is 18.1 Å². The summed E-state index contributed by atoms with van der Waals surface area (Å²) < 4.78 is 10.3. The zero-order valence-corrected chi connectivity index (χ0v) is 15.3. The number of nitrogens with zero attached hydrogens (tertiary/aromatic N) is 3. The number of aromatic nitrogens is 1. The van der Waals surface area contributed by atoms with Crippen LogP contribution in [0.2, 0.25) is 0 Å². The fourth-order valence-electron chi connectivity index (χ4n) is 2.34. The van der Waals surface area contributed by atoms with E-state index in [1.54, 1.807) is 20.4 Å². The summed E-state index contributed by atoms with van der Waals surface area (Å²) in [5.74, 6) is 2.32. The highest BCUT2D eigenvalue weighted by molar-refractivity contribution is 5.79. The van der Waals surface area contributed by atoms with Gasteiger partial charge in [0.05, 0.1) is 20.8 Å². The third kappa shape index (κ3) is 5.67. The lowest BCUT2D eigenvalue weighted by Gasteiger charge is -2.22. The molecule has 6 heteroatoms. The Labute approximate surface area is 149 Å². The predicted molar refractivity (Wildman–Crippen MR) is 100 cm³/mol. The molecule has 0 amide bonds. The molecule has 1 heterocycles. The first kappa shape index (κ1) is 18.6. The third-order valence-corrected chi connectivity index (χ3v) is 3.69. The van der Waals surface area contributed by atoms with E-state index in [9.17, 15) is 0 Å². The first-order valence-corrected chi connectivity index (χ1v) is 8.27. The first-order valence-electron chi connectivity index (χ1n) is 8.27. The van der Waals surface area contributed by atoms with Gasteiger partial charge in [-0.25, -0.2) is 9.98 Å². The van der Waals surface area contributed by atoms with E-state index in [0.717, 1.165) is 30.4 Å². The summed E-state index contributed by atoms with van der Waals surface area (Å²) in [5.41, 5.74) is 2.23. The van der Waals surface area contributed by atoms with Crippen molar-refractivity contribution in [3.63, 3.8) is 0 Å². The van der Waals surface area contributed by atoms with Crippen molar-refractivity contribution >= 4 is 5.96 Å². The van der Waals surface area contributed by atoms with Crippen LogP contribution in [0.25, 0.3) is 0 Å². The second-order valence-electron chi connectivity index (χ2n) is 5.58. The minimum Gasteiger partial charge on any atom is -0.497 e. The molecule has 0 radical (unpaired) electrons. The minimum atomic E-state index is 0.562. The van der Waals surface area contributed by atoms with Crippen LogP contribution in [0.5, 0.6) is 11.6 Å². The molecule has 0 aliphatic heterocycles. The third-order valence-electron chi connectivity index (χ3n) is 3.69. The summed E-state index contributed by atoms with van der Waals surface area (Å²) in [6.45, 7) is 4.20. The Kier molecular flexibility index (Phi) is 7.07. The van der Waals surface area contributed by atoms with Gasteiger partial charge in [-0.2, -0.15) is 0 Å². The van der Waals surface area contributed by atoms with E-state index in [1.807, 2.05) is 31.3 Å². The standard InChI is InChI=1S/C19H26N4O2/c1-5-20-19(22-13-16-8-11-18(25-4)21-12-16)23(2)14-15-6-9-17(24-3)10-7-15/h6-12H,5,13-14H2,1-4H3,(H,20,22). The molecule has 0 saturated carbocycles. The van der Waals surface area contributed by atoms with Crippen LogP contribution in [0.3, 0.4) is 0 Å². The highest BCUT2D eigenvalue weighted by Crippen LogP contribution is 2.13. The Morgan fingerprint density at radius 2 is 1.80 bits per heavy atom. The van der Waals surface area contributed by atoms with Gasteiger partial charge in [0.25, 0.3) is 0 Å². The summed E-state index contributed by atoms with van der Waals surface area (Å²) in [5, 5.41) is 3.32. The average molecular weight is 342 g/mol. The second-order valence-corrected chi connectivity index (χ2v) is 5.58. The van der Waals surface area contributed by atoms with Gasteiger partial charge in [-0.15, -0.1) is 0 Å². The number of pyridine rings is 1. The number of guanidine groups is 1. The molecular weight excluding hydrogens is 316 g/mol. The summed E-state index contributed by atoms with van der Waals surface area (Å²) in [4.78, 5) is 11.0. The maximum atomic E-state index is 5.20. The van der Waals surface area contributed by atoms with Gasteiger partial charge in [0.2, 0.25) is 5.88 Å². The van der Waals surface area contributed by atoms with Crippen molar-refractivity contribution in [3.8, 4) is 11.6 Å². The summed E-state index contributed by atoms with van der Waals surface area (Å²) in [7, 11) is 5.31. The molecule has 0 saturated heterocycles. The molecule has 134 valence electrons. The lowest BCUT2D eigenvalue weighted by atomic mass is 10.2. The number of hydrogen-bond acceptors (Lipinski definition) is 4. The largest absolute Gasteiger partial charge is 0.497 e. The molecule has 0 bridgehead atoms. The highest BCUT2D eigenvalue weighted by Gasteiger charge is 2.07. The van der Waals surface area contributed by atoms with Gasteiger partial charge < -0.3 is 19.7 Å².